The number of nitrogens with one attached hydrogen (secondary N) is 1. The number of nitrogens with zero attached hydrogens (tertiary/aromatic N) is 4. The van der Waals surface area contributed by atoms with Crippen molar-refractivity contribution in [3.8, 4) is 0 Å². The molecule has 2 aromatic rings. The average molecular weight is 325 g/mol. The van der Waals surface area contributed by atoms with Crippen molar-refractivity contribution < 1.29 is 4.92 Å². The molecule has 0 atom stereocenters. The number of hydrogen-bond donors (Lipinski definition) is 1. The number of pyridine rings is 2. The van der Waals surface area contributed by atoms with Crippen LogP contribution in [-0.2, 0) is 6.42 Å². The molecule has 0 amide bonds. The zero-order chi connectivity index (χ0) is 17.3. The van der Waals surface area contributed by atoms with Crippen LogP contribution in [0, 0.1) is 17.0 Å². The van der Waals surface area contributed by atoms with Crippen molar-refractivity contribution in [2.24, 2.45) is 0 Å². The molecule has 0 aromatic carbocycles. The van der Waals surface area contributed by atoms with E-state index in [1.165, 1.54) is 0 Å². The number of aromatic nitrogens is 2. The molecule has 0 saturated heterocycles. The number of anilines is 2. The lowest BCUT2D eigenvalue weighted by Crippen LogP contribution is -2.33. The van der Waals surface area contributed by atoms with Crippen LogP contribution >= 0.6 is 0 Å². The zero-order valence-corrected chi connectivity index (χ0v) is 13.9. The predicted molar refractivity (Wildman–Crippen MR) is 92.6 cm³/mol. The van der Waals surface area contributed by atoms with Crippen molar-refractivity contribution in [3.05, 3.63) is 63.2 Å². The average Bonchev–Trinajstić information content (AvgIpc) is 2.60. The Bertz CT molecular complexity index is 831. The fraction of sp³-hybridized carbons (Fsp3) is 0.294. The number of rotatable bonds is 4. The first-order valence-electron chi connectivity index (χ1n) is 7.81. The molecule has 1 aliphatic heterocycles. The molecule has 0 spiro atoms. The van der Waals surface area contributed by atoms with Crippen molar-refractivity contribution in [2.45, 2.75) is 20.3 Å². The Balaban J connectivity index is 2.25. The second kappa shape index (κ2) is 6.27. The van der Waals surface area contributed by atoms with E-state index < -0.39 is 0 Å². The molecule has 0 unspecified atom stereocenters. The Morgan fingerprint density at radius 2 is 2.17 bits per heavy atom. The molecular formula is C17H19N5O2. The molecule has 2 aromatic heterocycles. The van der Waals surface area contributed by atoms with E-state index in [9.17, 15) is 10.1 Å². The Hall–Kier alpha value is -2.96. The van der Waals surface area contributed by atoms with Crippen LogP contribution in [-0.4, -0.2) is 28.5 Å². The predicted octanol–water partition coefficient (Wildman–Crippen LogP) is 2.66. The Labute approximate surface area is 140 Å². The molecule has 0 saturated carbocycles. The van der Waals surface area contributed by atoms with Crippen molar-refractivity contribution in [1.29, 1.82) is 0 Å². The minimum atomic E-state index is -0.332. The van der Waals surface area contributed by atoms with Gasteiger partial charge in [-0.05, 0) is 37.6 Å². The van der Waals surface area contributed by atoms with Crippen molar-refractivity contribution >= 4 is 17.2 Å². The molecule has 0 radical (unpaired) electrons. The van der Waals surface area contributed by atoms with Crippen LogP contribution in [0.3, 0.4) is 0 Å². The van der Waals surface area contributed by atoms with Gasteiger partial charge < -0.3 is 10.2 Å². The van der Waals surface area contributed by atoms with Crippen molar-refractivity contribution in [3.63, 3.8) is 0 Å². The summed E-state index contributed by atoms with van der Waals surface area (Å²) < 4.78 is 0. The maximum Gasteiger partial charge on any atom is 0.289 e. The molecule has 0 bridgehead atoms. The maximum absolute atomic E-state index is 11.6. The third kappa shape index (κ3) is 2.58. The second-order valence-electron chi connectivity index (χ2n) is 5.55. The van der Waals surface area contributed by atoms with E-state index in [1.54, 1.807) is 13.2 Å². The van der Waals surface area contributed by atoms with Gasteiger partial charge in [0.2, 0.25) is 0 Å². The van der Waals surface area contributed by atoms with Gasteiger partial charge in [0.05, 0.1) is 16.3 Å². The van der Waals surface area contributed by atoms with Gasteiger partial charge in [0.25, 0.3) is 5.70 Å². The van der Waals surface area contributed by atoms with Gasteiger partial charge in [-0.3, -0.25) is 15.1 Å². The third-order valence-corrected chi connectivity index (χ3v) is 4.16. The highest BCUT2D eigenvalue weighted by Crippen LogP contribution is 2.37. The van der Waals surface area contributed by atoms with Crippen LogP contribution in [0.4, 0.5) is 11.5 Å². The molecule has 1 N–H and O–H groups in total. The fourth-order valence-electron chi connectivity index (χ4n) is 2.93. The lowest BCUT2D eigenvalue weighted by atomic mass is 10.0. The van der Waals surface area contributed by atoms with Gasteiger partial charge in [-0.2, -0.15) is 0 Å². The molecule has 7 heteroatoms. The van der Waals surface area contributed by atoms with Gasteiger partial charge in [0.15, 0.2) is 0 Å². The lowest BCUT2D eigenvalue weighted by molar-refractivity contribution is -0.424. The van der Waals surface area contributed by atoms with Crippen molar-refractivity contribution in [1.82, 2.24) is 15.3 Å². The van der Waals surface area contributed by atoms with Crippen molar-refractivity contribution in [2.75, 3.05) is 18.5 Å². The number of nitro groups is 1. The highest BCUT2D eigenvalue weighted by atomic mass is 16.6. The zero-order valence-electron chi connectivity index (χ0n) is 13.9. The molecule has 124 valence electrons. The summed E-state index contributed by atoms with van der Waals surface area (Å²) in [4.78, 5) is 22.1. The highest BCUT2D eigenvalue weighted by molar-refractivity contribution is 5.82. The largest absolute Gasteiger partial charge is 0.382 e. The quantitative estimate of drug-likeness (QED) is 0.687. The molecule has 3 rings (SSSR count). The van der Waals surface area contributed by atoms with E-state index in [4.69, 9.17) is 4.98 Å². The topological polar surface area (TPSA) is 84.2 Å². The van der Waals surface area contributed by atoms with E-state index in [0.717, 1.165) is 34.9 Å². The summed E-state index contributed by atoms with van der Waals surface area (Å²) in [6.07, 6.45) is 2.51. The molecule has 0 fully saturated rings. The summed E-state index contributed by atoms with van der Waals surface area (Å²) in [5.74, 6) is 0.723. The summed E-state index contributed by atoms with van der Waals surface area (Å²) in [6, 6.07) is 7.55. The fourth-order valence-corrected chi connectivity index (χ4v) is 2.93. The van der Waals surface area contributed by atoms with Crippen LogP contribution in [0.2, 0.25) is 0 Å². The normalized spacial score (nSPS) is 13.7. The van der Waals surface area contributed by atoms with E-state index in [0.29, 0.717) is 5.70 Å². The van der Waals surface area contributed by atoms with Gasteiger partial charge >= 0.3 is 0 Å². The monoisotopic (exact) mass is 325 g/mol. The SMILES string of the molecule is CCc1ccc2c(n1)N(c1cccnc1C)CC([N+](=O)[O-])=C2NC. The molecular weight excluding hydrogens is 306 g/mol. The number of aryl methyl sites for hydroxylation is 2. The van der Waals surface area contributed by atoms with Crippen LogP contribution < -0.4 is 10.2 Å². The summed E-state index contributed by atoms with van der Waals surface area (Å²) >= 11 is 0. The van der Waals surface area contributed by atoms with Gasteiger partial charge in [0, 0.05) is 24.5 Å². The smallest absolute Gasteiger partial charge is 0.289 e. The molecule has 24 heavy (non-hydrogen) atoms. The van der Waals surface area contributed by atoms with E-state index >= 15 is 0 Å². The van der Waals surface area contributed by atoms with E-state index in [-0.39, 0.29) is 17.2 Å². The standard InChI is InChI=1S/C17H19N5O2/c1-4-12-7-8-13-16(18-3)15(22(23)24)10-21(17(13)20-12)14-6-5-9-19-11(14)2/h5-9,18H,4,10H2,1-3H3. The lowest BCUT2D eigenvalue weighted by Gasteiger charge is -2.30. The summed E-state index contributed by atoms with van der Waals surface area (Å²) in [7, 11) is 1.70. The Morgan fingerprint density at radius 3 is 2.79 bits per heavy atom. The first-order valence-corrected chi connectivity index (χ1v) is 7.81. The second-order valence-corrected chi connectivity index (χ2v) is 5.55. The first kappa shape index (κ1) is 15.9. The number of fused-ring (bicyclic) bond motifs is 1. The first-order chi connectivity index (χ1) is 11.6. The highest BCUT2D eigenvalue weighted by Gasteiger charge is 2.33. The van der Waals surface area contributed by atoms with Gasteiger partial charge in [0.1, 0.15) is 18.1 Å². The number of hydrogen-bond acceptors (Lipinski definition) is 6. The van der Waals surface area contributed by atoms with Crippen LogP contribution in [0.15, 0.2) is 36.2 Å². The molecule has 3 heterocycles. The van der Waals surface area contributed by atoms with Gasteiger partial charge in [-0.25, -0.2) is 4.98 Å². The molecule has 0 aliphatic carbocycles. The maximum atomic E-state index is 11.6. The van der Waals surface area contributed by atoms with Crippen LogP contribution in [0.5, 0.6) is 0 Å². The molecule has 1 aliphatic rings. The Morgan fingerprint density at radius 1 is 1.38 bits per heavy atom. The van der Waals surface area contributed by atoms with Gasteiger partial charge in [-0.15, -0.1) is 0 Å². The van der Waals surface area contributed by atoms with Crippen LogP contribution in [0.25, 0.3) is 5.70 Å². The molecule has 7 nitrogen and oxygen atoms in total. The van der Waals surface area contributed by atoms with E-state index in [1.807, 2.05) is 43.0 Å². The minimum absolute atomic E-state index is 0.124. The summed E-state index contributed by atoms with van der Waals surface area (Å²) in [5.41, 5.74) is 3.95. The third-order valence-electron chi connectivity index (χ3n) is 4.16. The summed E-state index contributed by atoms with van der Waals surface area (Å²) in [6.45, 7) is 4.07. The minimum Gasteiger partial charge on any atom is -0.382 e. The Kier molecular flexibility index (Phi) is 4.16. The summed E-state index contributed by atoms with van der Waals surface area (Å²) in [5, 5.41) is 14.5. The van der Waals surface area contributed by atoms with Crippen LogP contribution in [0.1, 0.15) is 23.9 Å². The van der Waals surface area contributed by atoms with E-state index in [2.05, 4.69) is 10.3 Å². The van der Waals surface area contributed by atoms with Gasteiger partial charge in [-0.1, -0.05) is 6.92 Å².